The maximum absolute atomic E-state index is 13.6. The van der Waals surface area contributed by atoms with Gasteiger partial charge in [-0.25, -0.2) is 0 Å². The van der Waals surface area contributed by atoms with Gasteiger partial charge in [-0.05, 0) is 50.1 Å². The Hall–Kier alpha value is -8.15. The molecule has 0 amide bonds. The van der Waals surface area contributed by atoms with Gasteiger partial charge < -0.3 is 76.2 Å². The summed E-state index contributed by atoms with van der Waals surface area (Å²) >= 11 is 0. The summed E-state index contributed by atoms with van der Waals surface area (Å²) in [6.07, 6.45) is -15.8. The molecule has 0 aliphatic carbocycles. The summed E-state index contributed by atoms with van der Waals surface area (Å²) in [5.74, 6) is -0.599. The number of esters is 1. The van der Waals surface area contributed by atoms with E-state index in [1.165, 1.54) is 6.92 Å². The van der Waals surface area contributed by atoms with Crippen molar-refractivity contribution in [2.45, 2.75) is 159 Å². The van der Waals surface area contributed by atoms with Crippen molar-refractivity contribution in [3.63, 3.8) is 0 Å². The molecule has 3 fully saturated rings. The van der Waals surface area contributed by atoms with Crippen LogP contribution in [0.15, 0.2) is 273 Å². The second-order valence-corrected chi connectivity index (χ2v) is 25.0. The summed E-state index contributed by atoms with van der Waals surface area (Å²) in [6.45, 7) is 2.33. The van der Waals surface area contributed by atoms with Crippen molar-refractivity contribution in [3.05, 3.63) is 323 Å². The van der Waals surface area contributed by atoms with E-state index in [4.69, 9.17) is 71.1 Å². The van der Waals surface area contributed by atoms with Crippen molar-refractivity contribution in [2.24, 2.45) is 0 Å². The Morgan fingerprint density at radius 2 is 0.500 bits per heavy atom. The number of benzene rings is 9. The zero-order chi connectivity index (χ0) is 68.3. The molecule has 3 heterocycles. The fourth-order valence-electron chi connectivity index (χ4n) is 12.5. The minimum absolute atomic E-state index is 0.0345. The largest absolute Gasteiger partial charge is 0.454 e. The first kappa shape index (κ1) is 71.7. The average molecular weight is 1360 g/mol. The van der Waals surface area contributed by atoms with Gasteiger partial charge in [0.2, 0.25) is 0 Å². The summed E-state index contributed by atoms with van der Waals surface area (Å²) in [5, 5.41) is 12.3. The Labute approximate surface area is 585 Å². The van der Waals surface area contributed by atoms with Crippen LogP contribution >= 0.6 is 0 Å². The summed E-state index contributed by atoms with van der Waals surface area (Å²) in [7, 11) is 0. The molecule has 12 rings (SSSR count). The molecule has 3 aliphatic rings. The molecule has 0 radical (unpaired) electrons. The Morgan fingerprint density at radius 1 is 0.270 bits per heavy atom. The Balaban J connectivity index is 0.906. The zero-order valence-electron chi connectivity index (χ0n) is 56.1. The van der Waals surface area contributed by atoms with Gasteiger partial charge in [0.1, 0.15) is 67.1 Å². The molecule has 17 heteroatoms. The molecule has 100 heavy (non-hydrogen) atoms. The van der Waals surface area contributed by atoms with Gasteiger partial charge in [-0.15, -0.1) is 0 Å². The standard InChI is InChI=1S/C83H88O17/c1-59(84)97-80-77(92-53-66-41-23-8-24-42-66)72(87-48-61-31-13-3-14-32-61)69(56-86-47-60-29-11-2-12-30-60)99-83(80)96-58-71-74(89-50-63-35-17-5-18-36-63)76(91-52-65-39-21-7-22-40-65)79(94-55-68-45-27-10-28-46-68)82(100-71)95-57-70-73(88-49-62-33-15-4-16-34-62)75(90-51-64-37-19-6-20-38-64)78(81(85)98-70)93-54-67-43-25-9-26-44-67/h2-46,69-83,85H,47-58H2,1H3/t69-,70-,71-,72-,73-,74-,75+,76+,77+,78+,79+,80+,81+,82+,83+/m1/s1. The van der Waals surface area contributed by atoms with E-state index in [-0.39, 0.29) is 79.3 Å². The van der Waals surface area contributed by atoms with Gasteiger partial charge in [-0.2, -0.15) is 0 Å². The number of rotatable bonds is 35. The summed E-state index contributed by atoms with van der Waals surface area (Å²) in [6, 6.07) is 88.2. The quantitative estimate of drug-likeness (QED) is 0.0371. The third-order valence-corrected chi connectivity index (χ3v) is 17.6. The number of hydrogen-bond acceptors (Lipinski definition) is 17. The van der Waals surface area contributed by atoms with Crippen LogP contribution < -0.4 is 0 Å². The van der Waals surface area contributed by atoms with E-state index in [9.17, 15) is 9.90 Å². The summed E-state index contributed by atoms with van der Waals surface area (Å²) in [4.78, 5) is 13.6. The lowest BCUT2D eigenvalue weighted by Crippen LogP contribution is -2.65. The van der Waals surface area contributed by atoms with Crippen LogP contribution in [0.5, 0.6) is 0 Å². The first-order valence-electron chi connectivity index (χ1n) is 34.2. The van der Waals surface area contributed by atoms with Gasteiger partial charge in [0.05, 0.1) is 79.3 Å². The number of aliphatic hydroxyl groups excluding tert-OH is 1. The predicted octanol–water partition coefficient (Wildman–Crippen LogP) is 13.0. The van der Waals surface area contributed by atoms with Crippen LogP contribution in [0, 0.1) is 0 Å². The number of aliphatic hydroxyl groups is 1. The van der Waals surface area contributed by atoms with Gasteiger partial charge in [0, 0.05) is 6.92 Å². The SMILES string of the molecule is CC(=O)O[C@@H]1[C@@H](OC[C@H]2O[C@H](OC[C@H]3O[C@H](O)[C@@H](OCc4ccccc4)[C@@H](OCc4ccccc4)[C@@H]3OCc3ccccc3)[C@@H](OCc3ccccc3)[C@@H](OCc3ccccc3)[C@@H]2OCc2ccccc2)O[C@H](COCc2ccccc2)[C@@H](OCc2ccccc2)[C@@H]1OCc1ccccc1. The molecule has 0 aromatic heterocycles. The van der Waals surface area contributed by atoms with Gasteiger partial charge in [0.25, 0.3) is 0 Å². The van der Waals surface area contributed by atoms with Crippen LogP contribution in [-0.2, 0) is 135 Å². The molecular weight excluding hydrogens is 1270 g/mol. The van der Waals surface area contributed by atoms with E-state index < -0.39 is 98.1 Å². The third-order valence-electron chi connectivity index (χ3n) is 17.6. The van der Waals surface area contributed by atoms with Crippen LogP contribution in [0.1, 0.15) is 57.0 Å². The van der Waals surface area contributed by atoms with Crippen molar-refractivity contribution in [1.82, 2.24) is 0 Å². The molecule has 0 saturated carbocycles. The van der Waals surface area contributed by atoms with Gasteiger partial charge in [0.15, 0.2) is 25.0 Å². The molecule has 15 atom stereocenters. The minimum atomic E-state index is -1.51. The van der Waals surface area contributed by atoms with Crippen LogP contribution in [0.25, 0.3) is 0 Å². The van der Waals surface area contributed by atoms with Crippen molar-refractivity contribution < 1.29 is 81.0 Å². The molecule has 17 nitrogen and oxygen atoms in total. The van der Waals surface area contributed by atoms with E-state index >= 15 is 0 Å². The smallest absolute Gasteiger partial charge is 0.303 e. The third kappa shape index (κ3) is 21.0. The summed E-state index contributed by atoms with van der Waals surface area (Å²) in [5.41, 5.74) is 8.11. The maximum atomic E-state index is 13.6. The molecule has 0 spiro atoms. The first-order valence-corrected chi connectivity index (χ1v) is 34.2. The maximum Gasteiger partial charge on any atom is 0.303 e. The lowest BCUT2D eigenvalue weighted by atomic mass is 9.96. The van der Waals surface area contributed by atoms with E-state index in [2.05, 4.69) is 0 Å². The average Bonchev–Trinajstić information content (AvgIpc) is 0.794. The highest BCUT2D eigenvalue weighted by molar-refractivity contribution is 5.66. The van der Waals surface area contributed by atoms with E-state index in [1.54, 1.807) is 0 Å². The fraction of sp³-hybridized carbons (Fsp3) is 0.337. The molecule has 9 aromatic carbocycles. The van der Waals surface area contributed by atoms with E-state index in [0.29, 0.717) is 0 Å². The highest BCUT2D eigenvalue weighted by Gasteiger charge is 2.54. The summed E-state index contributed by atoms with van der Waals surface area (Å²) < 4.78 is 104. The van der Waals surface area contributed by atoms with Crippen molar-refractivity contribution in [3.8, 4) is 0 Å². The minimum Gasteiger partial charge on any atom is -0.454 e. The second kappa shape index (κ2) is 38.0. The zero-order valence-corrected chi connectivity index (χ0v) is 56.1. The Bertz CT molecular complexity index is 3730. The van der Waals surface area contributed by atoms with E-state index in [1.807, 2.05) is 273 Å². The normalized spacial score (nSPS) is 25.2. The molecule has 522 valence electrons. The number of carbonyl (C=O) groups excluding carboxylic acids is 1. The second-order valence-electron chi connectivity index (χ2n) is 25.0. The molecule has 0 unspecified atom stereocenters. The molecule has 9 aromatic rings. The highest BCUT2D eigenvalue weighted by Crippen LogP contribution is 2.37. The Morgan fingerprint density at radius 3 is 0.810 bits per heavy atom. The fourth-order valence-corrected chi connectivity index (χ4v) is 12.5. The number of hydrogen-bond donors (Lipinski definition) is 1. The monoisotopic (exact) mass is 1360 g/mol. The van der Waals surface area contributed by atoms with Gasteiger partial charge in [-0.3, -0.25) is 4.79 Å². The molecular formula is C83H88O17. The molecule has 0 bridgehead atoms. The Kier molecular flexibility index (Phi) is 27.3. The molecule has 3 aliphatic heterocycles. The van der Waals surface area contributed by atoms with Gasteiger partial charge in [-0.1, -0.05) is 273 Å². The predicted molar refractivity (Wildman–Crippen MR) is 372 cm³/mol. The molecule has 1 N–H and O–H groups in total. The van der Waals surface area contributed by atoms with Gasteiger partial charge >= 0.3 is 5.97 Å². The van der Waals surface area contributed by atoms with Crippen molar-refractivity contribution in [1.29, 1.82) is 0 Å². The number of ether oxygens (including phenoxy) is 15. The van der Waals surface area contributed by atoms with E-state index in [0.717, 1.165) is 50.1 Å². The molecule has 3 saturated heterocycles. The van der Waals surface area contributed by atoms with Crippen LogP contribution in [0.2, 0.25) is 0 Å². The number of carbonyl (C=O) groups is 1. The van der Waals surface area contributed by atoms with Crippen LogP contribution in [0.4, 0.5) is 0 Å². The lowest BCUT2D eigenvalue weighted by molar-refractivity contribution is -0.359. The van der Waals surface area contributed by atoms with Crippen LogP contribution in [-0.4, -0.2) is 123 Å². The highest BCUT2D eigenvalue weighted by atomic mass is 16.8. The lowest BCUT2D eigenvalue weighted by Gasteiger charge is -2.48. The van der Waals surface area contributed by atoms with Crippen molar-refractivity contribution >= 4 is 5.97 Å². The first-order chi connectivity index (χ1) is 49.3. The van der Waals surface area contributed by atoms with Crippen LogP contribution in [0.3, 0.4) is 0 Å². The topological polar surface area (TPSA) is 176 Å². The van der Waals surface area contributed by atoms with Crippen molar-refractivity contribution in [2.75, 3.05) is 19.8 Å².